The highest BCUT2D eigenvalue weighted by atomic mass is 16.6. The molecule has 0 aromatic rings. The standard InChI is InChI=1S/C33H64O13/c1-3-4-5-6-7-8-9-10-11-12-32(34)46-30-29-44-26-25-42-22-21-40-18-17-38-14-13-37-15-16-39-19-20-41-23-24-43-27-28-45-31-33(35)36-2/h3-31H2,1-2H3. The van der Waals surface area contributed by atoms with Gasteiger partial charge < -0.3 is 52.1 Å². The second-order valence-electron chi connectivity index (χ2n) is 10.3. The molecule has 46 heavy (non-hydrogen) atoms. The molecule has 13 nitrogen and oxygen atoms in total. The second kappa shape index (κ2) is 39.8. The molecule has 0 rings (SSSR count). The normalized spacial score (nSPS) is 11.3. The van der Waals surface area contributed by atoms with Crippen molar-refractivity contribution in [3.8, 4) is 0 Å². The fourth-order valence-electron chi connectivity index (χ4n) is 3.84. The number of methoxy groups -OCH3 is 1. The fraction of sp³-hybridized carbons (Fsp3) is 0.939. The van der Waals surface area contributed by atoms with Gasteiger partial charge in [0.1, 0.15) is 13.2 Å². The predicted octanol–water partition coefficient (Wildman–Crippen LogP) is 3.77. The Morgan fingerprint density at radius 3 is 1.02 bits per heavy atom. The maximum atomic E-state index is 11.8. The molecule has 0 fully saturated rings. The molecule has 0 aromatic heterocycles. The topological polar surface area (TPSA) is 136 Å². The van der Waals surface area contributed by atoms with E-state index in [-0.39, 0.29) is 19.2 Å². The molecule has 0 radical (unpaired) electrons. The van der Waals surface area contributed by atoms with E-state index in [1.165, 1.54) is 52.1 Å². The average Bonchev–Trinajstić information content (AvgIpc) is 3.06. The Kier molecular flexibility index (Phi) is 38.5. The number of ether oxygens (including phenoxy) is 11. The zero-order valence-corrected chi connectivity index (χ0v) is 28.8. The van der Waals surface area contributed by atoms with Gasteiger partial charge in [-0.1, -0.05) is 58.3 Å². The van der Waals surface area contributed by atoms with Crippen LogP contribution >= 0.6 is 0 Å². The molecule has 0 aliphatic heterocycles. The van der Waals surface area contributed by atoms with Crippen LogP contribution in [0, 0.1) is 0 Å². The Balaban J connectivity index is 3.12. The third-order valence-electron chi connectivity index (χ3n) is 6.40. The number of rotatable bonds is 39. The average molecular weight is 669 g/mol. The number of esters is 2. The minimum Gasteiger partial charge on any atom is -0.467 e. The largest absolute Gasteiger partial charge is 0.467 e. The van der Waals surface area contributed by atoms with Gasteiger partial charge in [0.25, 0.3) is 0 Å². The van der Waals surface area contributed by atoms with E-state index < -0.39 is 5.97 Å². The lowest BCUT2D eigenvalue weighted by atomic mass is 10.1. The lowest BCUT2D eigenvalue weighted by molar-refractivity contribution is -0.146. The summed E-state index contributed by atoms with van der Waals surface area (Å²) in [6, 6.07) is 0. The summed E-state index contributed by atoms with van der Waals surface area (Å²) >= 11 is 0. The summed E-state index contributed by atoms with van der Waals surface area (Å²) in [4.78, 5) is 22.6. The minimum atomic E-state index is -0.409. The van der Waals surface area contributed by atoms with E-state index >= 15 is 0 Å². The maximum absolute atomic E-state index is 11.8. The van der Waals surface area contributed by atoms with Crippen molar-refractivity contribution in [2.24, 2.45) is 0 Å². The van der Waals surface area contributed by atoms with Crippen molar-refractivity contribution >= 4 is 11.9 Å². The third-order valence-corrected chi connectivity index (χ3v) is 6.40. The molecule has 0 amide bonds. The summed E-state index contributed by atoms with van der Waals surface area (Å²) in [6.07, 6.45) is 11.6. The molecule has 274 valence electrons. The monoisotopic (exact) mass is 668 g/mol. The van der Waals surface area contributed by atoms with Crippen LogP contribution < -0.4 is 0 Å². The molecule has 0 saturated carbocycles. The first kappa shape index (κ1) is 44.6. The van der Waals surface area contributed by atoms with Crippen LogP contribution in [0.2, 0.25) is 0 Å². The zero-order chi connectivity index (χ0) is 33.4. The van der Waals surface area contributed by atoms with E-state index in [9.17, 15) is 9.59 Å². The lowest BCUT2D eigenvalue weighted by Crippen LogP contribution is -2.16. The fourth-order valence-corrected chi connectivity index (χ4v) is 3.84. The van der Waals surface area contributed by atoms with Gasteiger partial charge in [0.2, 0.25) is 0 Å². The summed E-state index contributed by atoms with van der Waals surface area (Å²) in [5, 5.41) is 0. The Hall–Kier alpha value is -1.42. The van der Waals surface area contributed by atoms with Gasteiger partial charge >= 0.3 is 11.9 Å². The van der Waals surface area contributed by atoms with Crippen LogP contribution in [0.4, 0.5) is 0 Å². The van der Waals surface area contributed by atoms with Crippen molar-refractivity contribution < 1.29 is 61.7 Å². The van der Waals surface area contributed by atoms with E-state index in [4.69, 9.17) is 47.4 Å². The van der Waals surface area contributed by atoms with Crippen molar-refractivity contribution in [3.63, 3.8) is 0 Å². The first-order valence-electron chi connectivity index (χ1n) is 17.1. The molecule has 0 N–H and O–H groups in total. The zero-order valence-electron chi connectivity index (χ0n) is 28.8. The summed E-state index contributed by atoms with van der Waals surface area (Å²) in [6.45, 7) is 10.2. The molecule has 0 aliphatic rings. The van der Waals surface area contributed by atoms with Crippen molar-refractivity contribution in [2.75, 3.05) is 133 Å². The SMILES string of the molecule is CCCCCCCCCCCC(=O)OCCOCCOCCOCCOCCOCCOCCOCCOCCOCC(=O)OC. The first-order valence-corrected chi connectivity index (χ1v) is 17.1. The van der Waals surface area contributed by atoms with Crippen molar-refractivity contribution in [1.29, 1.82) is 0 Å². The molecule has 0 atom stereocenters. The van der Waals surface area contributed by atoms with Crippen LogP contribution in [0.25, 0.3) is 0 Å². The van der Waals surface area contributed by atoms with Gasteiger partial charge in [-0.2, -0.15) is 0 Å². The summed E-state index contributed by atoms with van der Waals surface area (Å²) in [5.41, 5.74) is 0. The lowest BCUT2D eigenvalue weighted by Gasteiger charge is -2.09. The van der Waals surface area contributed by atoms with Gasteiger partial charge in [0, 0.05) is 6.42 Å². The highest BCUT2D eigenvalue weighted by Crippen LogP contribution is 2.10. The van der Waals surface area contributed by atoms with Crippen molar-refractivity contribution in [3.05, 3.63) is 0 Å². The molecule has 0 unspecified atom stereocenters. The van der Waals surface area contributed by atoms with Crippen LogP contribution in [0.3, 0.4) is 0 Å². The van der Waals surface area contributed by atoms with Gasteiger partial charge in [0.05, 0.1) is 119 Å². The van der Waals surface area contributed by atoms with Crippen LogP contribution in [0.5, 0.6) is 0 Å². The van der Waals surface area contributed by atoms with Crippen molar-refractivity contribution in [2.45, 2.75) is 71.1 Å². The smallest absolute Gasteiger partial charge is 0.331 e. The summed E-state index contributed by atoms with van der Waals surface area (Å²) in [5.74, 6) is -0.549. The molecule has 0 aliphatic carbocycles. The molecular formula is C33H64O13. The van der Waals surface area contributed by atoms with E-state index in [0.717, 1.165) is 12.8 Å². The number of hydrogen-bond acceptors (Lipinski definition) is 13. The Bertz CT molecular complexity index is 624. The number of hydrogen-bond donors (Lipinski definition) is 0. The quantitative estimate of drug-likeness (QED) is 0.0695. The van der Waals surface area contributed by atoms with Gasteiger partial charge in [-0.25, -0.2) is 4.79 Å². The van der Waals surface area contributed by atoms with Gasteiger partial charge in [-0.15, -0.1) is 0 Å². The minimum absolute atomic E-state index is 0.0715. The Labute approximate surface area is 277 Å². The molecule has 0 spiro atoms. The van der Waals surface area contributed by atoms with E-state index in [2.05, 4.69) is 11.7 Å². The van der Waals surface area contributed by atoms with Crippen LogP contribution in [0.15, 0.2) is 0 Å². The van der Waals surface area contributed by atoms with Gasteiger partial charge in [0.15, 0.2) is 0 Å². The molecule has 0 saturated heterocycles. The first-order chi connectivity index (χ1) is 22.7. The number of carbonyl (C=O) groups is 2. The molecule has 0 bridgehead atoms. The molecule has 13 heteroatoms. The van der Waals surface area contributed by atoms with Gasteiger partial charge in [-0.05, 0) is 6.42 Å². The highest BCUT2D eigenvalue weighted by molar-refractivity contribution is 5.70. The van der Waals surface area contributed by atoms with E-state index in [1.807, 2.05) is 0 Å². The Morgan fingerprint density at radius 2 is 0.674 bits per heavy atom. The molecular weight excluding hydrogens is 604 g/mol. The Morgan fingerprint density at radius 1 is 0.370 bits per heavy atom. The predicted molar refractivity (Wildman–Crippen MR) is 172 cm³/mol. The summed E-state index contributed by atoms with van der Waals surface area (Å²) in [7, 11) is 1.31. The van der Waals surface area contributed by atoms with Crippen LogP contribution in [-0.2, 0) is 61.7 Å². The molecule has 0 heterocycles. The van der Waals surface area contributed by atoms with Crippen molar-refractivity contribution in [1.82, 2.24) is 0 Å². The maximum Gasteiger partial charge on any atom is 0.331 e. The van der Waals surface area contributed by atoms with E-state index in [1.54, 1.807) is 0 Å². The van der Waals surface area contributed by atoms with Gasteiger partial charge in [-0.3, -0.25) is 4.79 Å². The van der Waals surface area contributed by atoms with E-state index in [0.29, 0.717) is 119 Å². The van der Waals surface area contributed by atoms with Crippen LogP contribution in [0.1, 0.15) is 71.1 Å². The molecule has 0 aromatic carbocycles. The second-order valence-corrected chi connectivity index (χ2v) is 10.3. The summed E-state index contributed by atoms with van der Waals surface area (Å²) < 4.78 is 58.2. The number of unbranched alkanes of at least 4 members (excludes halogenated alkanes) is 8. The highest BCUT2D eigenvalue weighted by Gasteiger charge is 2.03. The van der Waals surface area contributed by atoms with Crippen LogP contribution in [-0.4, -0.2) is 145 Å². The third kappa shape index (κ3) is 38.8. The number of carbonyl (C=O) groups excluding carboxylic acids is 2.